The van der Waals surface area contributed by atoms with Gasteiger partial charge in [-0.25, -0.2) is 4.79 Å². The Balaban J connectivity index is 2.31. The van der Waals surface area contributed by atoms with E-state index in [1.54, 1.807) is 0 Å². The fourth-order valence-corrected chi connectivity index (χ4v) is 2.02. The molecule has 0 fully saturated rings. The summed E-state index contributed by atoms with van der Waals surface area (Å²) in [4.78, 5) is 14.9. The van der Waals surface area contributed by atoms with E-state index in [0.717, 1.165) is 6.42 Å². The Labute approximate surface area is 82.8 Å². The van der Waals surface area contributed by atoms with E-state index >= 15 is 0 Å². The number of aliphatic carboxylic acids is 1. The molecule has 3 heteroatoms. The van der Waals surface area contributed by atoms with E-state index in [1.165, 1.54) is 5.57 Å². The maximum atomic E-state index is 10.8. The second-order valence-corrected chi connectivity index (χ2v) is 4.13. The van der Waals surface area contributed by atoms with E-state index in [2.05, 4.69) is 24.1 Å². The van der Waals surface area contributed by atoms with Gasteiger partial charge in [0.25, 0.3) is 0 Å². The Kier molecular flexibility index (Phi) is 2.02. The van der Waals surface area contributed by atoms with Crippen LogP contribution in [0, 0.1) is 5.41 Å². The van der Waals surface area contributed by atoms with E-state index < -0.39 is 5.97 Å². The molecule has 1 aliphatic heterocycles. The third-order valence-electron chi connectivity index (χ3n) is 3.02. The van der Waals surface area contributed by atoms with Gasteiger partial charge in [0.05, 0.1) is 6.54 Å². The molecule has 1 unspecified atom stereocenters. The summed E-state index contributed by atoms with van der Waals surface area (Å²) in [6.07, 6.45) is 7.65. The minimum atomic E-state index is -0.875. The van der Waals surface area contributed by atoms with E-state index in [0.29, 0.717) is 18.7 Å². The van der Waals surface area contributed by atoms with Crippen LogP contribution < -0.4 is 0 Å². The van der Waals surface area contributed by atoms with Crippen molar-refractivity contribution < 1.29 is 9.90 Å². The summed E-state index contributed by atoms with van der Waals surface area (Å²) in [7, 11) is 0. The molecule has 0 saturated carbocycles. The first-order chi connectivity index (χ1) is 6.62. The van der Waals surface area contributed by atoms with Crippen LogP contribution in [-0.4, -0.2) is 23.3 Å². The molecule has 0 radical (unpaired) electrons. The number of rotatable bonds is 1. The first-order valence-electron chi connectivity index (χ1n) is 4.75. The number of hydrogen-bond acceptors (Lipinski definition) is 2. The highest BCUT2D eigenvalue weighted by molar-refractivity contribution is 6.36. The van der Waals surface area contributed by atoms with Gasteiger partial charge in [-0.2, -0.15) is 0 Å². The van der Waals surface area contributed by atoms with Crippen LogP contribution in [0.25, 0.3) is 0 Å². The van der Waals surface area contributed by atoms with E-state index in [-0.39, 0.29) is 5.41 Å². The highest BCUT2D eigenvalue weighted by Crippen LogP contribution is 2.40. The second kappa shape index (κ2) is 3.08. The first kappa shape index (κ1) is 9.19. The number of carboxylic acid groups (broad SMARTS) is 1. The number of allylic oxidation sites excluding steroid dienone is 3. The van der Waals surface area contributed by atoms with E-state index in [9.17, 15) is 4.79 Å². The van der Waals surface area contributed by atoms with Crippen LogP contribution >= 0.6 is 0 Å². The molecule has 0 saturated heterocycles. The van der Waals surface area contributed by atoms with E-state index in [1.807, 2.05) is 6.08 Å². The normalized spacial score (nSPS) is 30.4. The lowest BCUT2D eigenvalue weighted by Crippen LogP contribution is -2.33. The molecule has 3 nitrogen and oxygen atoms in total. The predicted molar refractivity (Wildman–Crippen MR) is 54.5 cm³/mol. The molecule has 1 heterocycles. The highest BCUT2D eigenvalue weighted by Gasteiger charge is 2.35. The summed E-state index contributed by atoms with van der Waals surface area (Å²) in [5.74, 6) is -0.875. The lowest BCUT2D eigenvalue weighted by atomic mass is 9.71. The monoisotopic (exact) mass is 191 g/mol. The summed E-state index contributed by atoms with van der Waals surface area (Å²) >= 11 is 0. The van der Waals surface area contributed by atoms with E-state index in [4.69, 9.17) is 5.11 Å². The summed E-state index contributed by atoms with van der Waals surface area (Å²) in [5.41, 5.74) is 1.56. The van der Waals surface area contributed by atoms with Crippen LogP contribution in [0.1, 0.15) is 19.8 Å². The molecular weight excluding hydrogens is 178 g/mol. The number of fused-ring (bicyclic) bond motifs is 1. The average molecular weight is 191 g/mol. The lowest BCUT2D eigenvalue weighted by Gasteiger charge is -2.35. The van der Waals surface area contributed by atoms with Crippen molar-refractivity contribution in [3.8, 4) is 0 Å². The lowest BCUT2D eigenvalue weighted by molar-refractivity contribution is -0.129. The summed E-state index contributed by atoms with van der Waals surface area (Å²) < 4.78 is 0. The van der Waals surface area contributed by atoms with Crippen molar-refractivity contribution in [3.05, 3.63) is 23.8 Å². The summed E-state index contributed by atoms with van der Waals surface area (Å²) in [6, 6.07) is 0. The quantitative estimate of drug-likeness (QED) is 0.687. The zero-order valence-corrected chi connectivity index (χ0v) is 8.16. The molecule has 0 amide bonds. The fourth-order valence-electron chi connectivity index (χ4n) is 2.02. The Bertz CT molecular complexity index is 365. The molecule has 74 valence electrons. The number of aliphatic imine (C=N–C) groups is 1. The van der Waals surface area contributed by atoms with Crippen LogP contribution in [0.5, 0.6) is 0 Å². The van der Waals surface area contributed by atoms with Crippen LogP contribution in [0.4, 0.5) is 0 Å². The standard InChI is InChI=1S/C11H13NO2/c1-11-5-3-2-4-8(11)7-12-9(6-11)10(13)14/h2-4H,5-7H2,1H3,(H,13,14). The SMILES string of the molecule is CC12CC=CC=C1CN=C(C(=O)O)C2. The van der Waals surface area contributed by atoms with Crippen molar-refractivity contribution in [1.29, 1.82) is 0 Å². The molecule has 0 spiro atoms. The molecule has 14 heavy (non-hydrogen) atoms. The summed E-state index contributed by atoms with van der Waals surface area (Å²) in [6.45, 7) is 2.66. The van der Waals surface area contributed by atoms with Crippen molar-refractivity contribution in [2.75, 3.05) is 6.54 Å². The third-order valence-corrected chi connectivity index (χ3v) is 3.02. The highest BCUT2D eigenvalue weighted by atomic mass is 16.4. The first-order valence-corrected chi connectivity index (χ1v) is 4.75. The number of hydrogen-bond donors (Lipinski definition) is 1. The van der Waals surface area contributed by atoms with Gasteiger partial charge >= 0.3 is 5.97 Å². The van der Waals surface area contributed by atoms with Crippen molar-refractivity contribution in [2.45, 2.75) is 19.8 Å². The van der Waals surface area contributed by atoms with Crippen LogP contribution in [-0.2, 0) is 4.79 Å². The minimum absolute atomic E-state index is 0.00970. The Hall–Kier alpha value is -1.38. The molecule has 1 atom stereocenters. The van der Waals surface area contributed by atoms with Gasteiger partial charge in [-0.1, -0.05) is 25.2 Å². The van der Waals surface area contributed by atoms with Crippen molar-refractivity contribution in [2.24, 2.45) is 10.4 Å². The van der Waals surface area contributed by atoms with Gasteiger partial charge in [-0.15, -0.1) is 0 Å². The van der Waals surface area contributed by atoms with Crippen LogP contribution in [0.3, 0.4) is 0 Å². The molecule has 0 aromatic rings. The van der Waals surface area contributed by atoms with Crippen molar-refractivity contribution in [3.63, 3.8) is 0 Å². The molecule has 0 aromatic heterocycles. The fraction of sp³-hybridized carbons (Fsp3) is 0.455. The minimum Gasteiger partial charge on any atom is -0.477 e. The van der Waals surface area contributed by atoms with Gasteiger partial charge in [0.1, 0.15) is 5.71 Å². The van der Waals surface area contributed by atoms with Gasteiger partial charge in [0.15, 0.2) is 0 Å². The van der Waals surface area contributed by atoms with Gasteiger partial charge in [0, 0.05) is 6.42 Å². The smallest absolute Gasteiger partial charge is 0.349 e. The maximum absolute atomic E-state index is 10.8. The second-order valence-electron chi connectivity index (χ2n) is 4.13. The molecule has 1 N–H and O–H groups in total. The predicted octanol–water partition coefficient (Wildman–Crippen LogP) is 1.81. The zero-order valence-electron chi connectivity index (χ0n) is 8.16. The number of carboxylic acids is 1. The Morgan fingerprint density at radius 2 is 2.43 bits per heavy atom. The molecular formula is C11H13NO2. The molecule has 1 aliphatic carbocycles. The Morgan fingerprint density at radius 3 is 3.14 bits per heavy atom. The van der Waals surface area contributed by atoms with Gasteiger partial charge in [-0.3, -0.25) is 4.99 Å². The maximum Gasteiger partial charge on any atom is 0.349 e. The van der Waals surface area contributed by atoms with Crippen molar-refractivity contribution in [1.82, 2.24) is 0 Å². The third kappa shape index (κ3) is 1.39. The molecule has 0 aromatic carbocycles. The molecule has 2 aliphatic rings. The topological polar surface area (TPSA) is 49.7 Å². The summed E-state index contributed by atoms with van der Waals surface area (Å²) in [5, 5.41) is 8.87. The average Bonchev–Trinajstić information content (AvgIpc) is 2.15. The van der Waals surface area contributed by atoms with Crippen LogP contribution in [0.15, 0.2) is 28.8 Å². The molecule has 2 rings (SSSR count). The number of carbonyl (C=O) groups is 1. The zero-order chi connectivity index (χ0) is 10.2. The number of nitrogens with zero attached hydrogens (tertiary/aromatic N) is 1. The van der Waals surface area contributed by atoms with Gasteiger partial charge in [-0.05, 0) is 17.4 Å². The van der Waals surface area contributed by atoms with Gasteiger partial charge in [0.2, 0.25) is 0 Å². The molecule has 0 bridgehead atoms. The van der Waals surface area contributed by atoms with Crippen LogP contribution in [0.2, 0.25) is 0 Å². The van der Waals surface area contributed by atoms with Gasteiger partial charge < -0.3 is 5.11 Å². The largest absolute Gasteiger partial charge is 0.477 e. The Morgan fingerprint density at radius 1 is 1.64 bits per heavy atom. The van der Waals surface area contributed by atoms with Crippen molar-refractivity contribution >= 4 is 11.7 Å².